The van der Waals surface area contributed by atoms with Crippen molar-refractivity contribution < 1.29 is 0 Å². The number of hydrogen-bond acceptors (Lipinski definition) is 2. The molecule has 1 nitrogen and oxygen atoms in total. The zero-order valence-corrected chi connectivity index (χ0v) is 10.3. The maximum Gasteiger partial charge on any atom is 0.00767 e. The predicted octanol–water partition coefficient (Wildman–Crippen LogP) is 3.55. The second kappa shape index (κ2) is 6.20. The van der Waals surface area contributed by atoms with Crippen molar-refractivity contribution in [3.63, 3.8) is 0 Å². The van der Waals surface area contributed by atoms with Crippen LogP contribution in [0.1, 0.15) is 42.4 Å². The van der Waals surface area contributed by atoms with Crippen molar-refractivity contribution in [3.05, 3.63) is 21.9 Å². The normalized spacial score (nSPS) is 13.1. The number of rotatable bonds is 6. The third-order valence-electron chi connectivity index (χ3n) is 2.43. The number of hydrogen-bond donors (Lipinski definition) is 1. The molecular formula is C12H21NS. The molecule has 0 aromatic carbocycles. The van der Waals surface area contributed by atoms with E-state index in [1.54, 1.807) is 0 Å². The van der Waals surface area contributed by atoms with Gasteiger partial charge >= 0.3 is 0 Å². The van der Waals surface area contributed by atoms with Crippen LogP contribution in [0.4, 0.5) is 0 Å². The highest BCUT2D eigenvalue weighted by Gasteiger charge is 2.06. The summed E-state index contributed by atoms with van der Waals surface area (Å²) in [6.07, 6.45) is 2.48. The number of nitrogens with one attached hydrogen (secondary N) is 1. The highest BCUT2D eigenvalue weighted by Crippen LogP contribution is 2.25. The molecule has 0 aliphatic rings. The molecule has 1 unspecified atom stereocenters. The maximum atomic E-state index is 3.45. The van der Waals surface area contributed by atoms with Gasteiger partial charge in [0.05, 0.1) is 0 Å². The van der Waals surface area contributed by atoms with Crippen molar-refractivity contribution in [2.75, 3.05) is 13.1 Å². The molecule has 0 saturated heterocycles. The molecule has 0 spiro atoms. The summed E-state index contributed by atoms with van der Waals surface area (Å²) < 4.78 is 0. The monoisotopic (exact) mass is 211 g/mol. The standard InChI is InChI=1S/C12H21NS/c1-4-8-13-9-7-10(2)12-6-5-11(3)14-12/h5-6,10,13H,4,7-9H2,1-3H3. The first-order chi connectivity index (χ1) is 6.74. The Kier molecular flexibility index (Phi) is 5.20. The minimum Gasteiger partial charge on any atom is -0.317 e. The smallest absolute Gasteiger partial charge is 0.00767 e. The second-order valence-corrected chi connectivity index (χ2v) is 5.21. The maximum absolute atomic E-state index is 3.45. The fourth-order valence-corrected chi connectivity index (χ4v) is 2.44. The van der Waals surface area contributed by atoms with E-state index in [9.17, 15) is 0 Å². The summed E-state index contributed by atoms with van der Waals surface area (Å²) in [5.74, 6) is 0.707. The SMILES string of the molecule is CCCNCCC(C)c1ccc(C)s1. The van der Waals surface area contributed by atoms with Crippen LogP contribution in [0.15, 0.2) is 12.1 Å². The summed E-state index contributed by atoms with van der Waals surface area (Å²) in [4.78, 5) is 2.95. The minimum atomic E-state index is 0.707. The molecule has 0 fully saturated rings. The Morgan fingerprint density at radius 2 is 2.14 bits per heavy atom. The molecule has 14 heavy (non-hydrogen) atoms. The van der Waals surface area contributed by atoms with E-state index < -0.39 is 0 Å². The van der Waals surface area contributed by atoms with Crippen LogP contribution in [-0.2, 0) is 0 Å². The average molecular weight is 211 g/mol. The van der Waals surface area contributed by atoms with Gasteiger partial charge in [-0.15, -0.1) is 11.3 Å². The van der Waals surface area contributed by atoms with Crippen molar-refractivity contribution in [2.45, 2.75) is 39.5 Å². The molecule has 1 heterocycles. The van der Waals surface area contributed by atoms with Crippen LogP contribution < -0.4 is 5.32 Å². The highest BCUT2D eigenvalue weighted by atomic mass is 32.1. The van der Waals surface area contributed by atoms with Gasteiger partial charge in [-0.2, -0.15) is 0 Å². The van der Waals surface area contributed by atoms with Crippen LogP contribution in [0.5, 0.6) is 0 Å². The first-order valence-electron chi connectivity index (χ1n) is 5.51. The molecule has 0 saturated carbocycles. The van der Waals surface area contributed by atoms with E-state index in [1.165, 1.54) is 22.6 Å². The van der Waals surface area contributed by atoms with E-state index in [0.29, 0.717) is 5.92 Å². The van der Waals surface area contributed by atoms with Crippen LogP contribution >= 0.6 is 11.3 Å². The second-order valence-electron chi connectivity index (χ2n) is 3.89. The minimum absolute atomic E-state index is 0.707. The molecule has 0 aliphatic carbocycles. The van der Waals surface area contributed by atoms with Gasteiger partial charge in [0, 0.05) is 9.75 Å². The Bertz CT molecular complexity index is 255. The van der Waals surface area contributed by atoms with Crippen molar-refractivity contribution in [3.8, 4) is 0 Å². The fraction of sp³-hybridized carbons (Fsp3) is 0.667. The van der Waals surface area contributed by atoms with Crippen molar-refractivity contribution in [2.24, 2.45) is 0 Å². The number of thiophene rings is 1. The zero-order valence-electron chi connectivity index (χ0n) is 9.47. The zero-order chi connectivity index (χ0) is 10.4. The molecule has 1 aromatic rings. The summed E-state index contributed by atoms with van der Waals surface area (Å²) in [5.41, 5.74) is 0. The molecule has 0 aliphatic heterocycles. The first kappa shape index (κ1) is 11.7. The lowest BCUT2D eigenvalue weighted by Crippen LogP contribution is -2.17. The van der Waals surface area contributed by atoms with E-state index in [4.69, 9.17) is 0 Å². The fourth-order valence-electron chi connectivity index (χ4n) is 1.48. The molecule has 1 rings (SSSR count). The van der Waals surface area contributed by atoms with Gasteiger partial charge in [-0.3, -0.25) is 0 Å². The van der Waals surface area contributed by atoms with E-state index in [2.05, 4.69) is 38.2 Å². The Labute approximate surface area is 91.5 Å². The van der Waals surface area contributed by atoms with Gasteiger partial charge in [0.15, 0.2) is 0 Å². The van der Waals surface area contributed by atoms with Crippen LogP contribution in [-0.4, -0.2) is 13.1 Å². The lowest BCUT2D eigenvalue weighted by molar-refractivity contribution is 0.595. The van der Waals surface area contributed by atoms with Crippen LogP contribution in [0.3, 0.4) is 0 Å². The molecule has 0 amide bonds. The Morgan fingerprint density at radius 3 is 2.71 bits per heavy atom. The van der Waals surface area contributed by atoms with Gasteiger partial charge < -0.3 is 5.32 Å². The van der Waals surface area contributed by atoms with Crippen LogP contribution in [0, 0.1) is 6.92 Å². The summed E-state index contributed by atoms with van der Waals surface area (Å²) in [7, 11) is 0. The van der Waals surface area contributed by atoms with Crippen molar-refractivity contribution in [1.29, 1.82) is 0 Å². The highest BCUT2D eigenvalue weighted by molar-refractivity contribution is 7.12. The molecule has 1 atom stereocenters. The van der Waals surface area contributed by atoms with E-state index in [1.807, 2.05) is 11.3 Å². The lowest BCUT2D eigenvalue weighted by Gasteiger charge is -2.09. The predicted molar refractivity (Wildman–Crippen MR) is 65.2 cm³/mol. The molecule has 1 N–H and O–H groups in total. The summed E-state index contributed by atoms with van der Waals surface area (Å²) in [6, 6.07) is 4.49. The lowest BCUT2D eigenvalue weighted by atomic mass is 10.1. The molecule has 0 bridgehead atoms. The average Bonchev–Trinajstić information content (AvgIpc) is 2.59. The van der Waals surface area contributed by atoms with E-state index >= 15 is 0 Å². The molecule has 80 valence electrons. The number of aryl methyl sites for hydroxylation is 1. The van der Waals surface area contributed by atoms with Gasteiger partial charge in [0.1, 0.15) is 0 Å². The van der Waals surface area contributed by atoms with Crippen LogP contribution in [0.2, 0.25) is 0 Å². The Balaban J connectivity index is 2.25. The third kappa shape index (κ3) is 3.81. The summed E-state index contributed by atoms with van der Waals surface area (Å²) in [5, 5.41) is 3.45. The molecular weight excluding hydrogens is 190 g/mol. The van der Waals surface area contributed by atoms with Crippen LogP contribution in [0.25, 0.3) is 0 Å². The molecule has 2 heteroatoms. The van der Waals surface area contributed by atoms with Gasteiger partial charge in [-0.25, -0.2) is 0 Å². The van der Waals surface area contributed by atoms with Crippen molar-refractivity contribution in [1.82, 2.24) is 5.32 Å². The van der Waals surface area contributed by atoms with E-state index in [-0.39, 0.29) is 0 Å². The third-order valence-corrected chi connectivity index (χ3v) is 3.66. The van der Waals surface area contributed by atoms with Gasteiger partial charge in [0.2, 0.25) is 0 Å². The summed E-state index contributed by atoms with van der Waals surface area (Å²) >= 11 is 1.93. The topological polar surface area (TPSA) is 12.0 Å². The quantitative estimate of drug-likeness (QED) is 0.710. The first-order valence-corrected chi connectivity index (χ1v) is 6.32. The Hall–Kier alpha value is -0.340. The van der Waals surface area contributed by atoms with Crippen molar-refractivity contribution >= 4 is 11.3 Å². The van der Waals surface area contributed by atoms with Gasteiger partial charge in [0.25, 0.3) is 0 Å². The van der Waals surface area contributed by atoms with Gasteiger partial charge in [-0.1, -0.05) is 13.8 Å². The van der Waals surface area contributed by atoms with E-state index in [0.717, 1.165) is 13.1 Å². The largest absolute Gasteiger partial charge is 0.317 e. The summed E-state index contributed by atoms with van der Waals surface area (Å²) in [6.45, 7) is 9.00. The molecule has 1 aromatic heterocycles. The molecule has 0 radical (unpaired) electrons. The van der Waals surface area contributed by atoms with Gasteiger partial charge in [-0.05, 0) is 50.9 Å². The Morgan fingerprint density at radius 1 is 1.36 bits per heavy atom.